The molecule has 1 aliphatic rings. The fourth-order valence-electron chi connectivity index (χ4n) is 2.46. The lowest BCUT2D eigenvalue weighted by Crippen LogP contribution is -2.40. The van der Waals surface area contributed by atoms with Crippen LogP contribution in [0.3, 0.4) is 0 Å². The molecule has 0 aliphatic carbocycles. The van der Waals surface area contributed by atoms with Crippen LogP contribution in [0.2, 0.25) is 0 Å². The summed E-state index contributed by atoms with van der Waals surface area (Å²) in [6.45, 7) is 5.07. The summed E-state index contributed by atoms with van der Waals surface area (Å²) >= 11 is 0. The molecule has 1 aliphatic heterocycles. The Bertz CT molecular complexity index is 444. The third-order valence-electron chi connectivity index (χ3n) is 3.74. The van der Waals surface area contributed by atoms with E-state index < -0.39 is 0 Å². The summed E-state index contributed by atoms with van der Waals surface area (Å²) < 4.78 is 11.2. The van der Waals surface area contributed by atoms with Crippen LogP contribution in [0.25, 0.3) is 0 Å². The molecule has 2 N–H and O–H groups in total. The molecule has 1 aromatic rings. The Morgan fingerprint density at radius 2 is 2.23 bits per heavy atom. The van der Waals surface area contributed by atoms with Crippen LogP contribution in [0.1, 0.15) is 31.4 Å². The van der Waals surface area contributed by atoms with Gasteiger partial charge in [-0.25, -0.2) is 0 Å². The lowest BCUT2D eigenvalue weighted by molar-refractivity contribution is 0.0191. The highest BCUT2D eigenvalue weighted by molar-refractivity contribution is 5.80. The molecule has 0 radical (unpaired) electrons. The van der Waals surface area contributed by atoms with Crippen LogP contribution < -0.4 is 10.6 Å². The first-order valence-electron chi connectivity index (χ1n) is 8.01. The van der Waals surface area contributed by atoms with Crippen molar-refractivity contribution in [2.45, 2.75) is 31.9 Å². The van der Waals surface area contributed by atoms with Gasteiger partial charge in [0.2, 0.25) is 0 Å². The number of rotatable bonds is 7. The van der Waals surface area contributed by atoms with Crippen molar-refractivity contribution in [1.82, 2.24) is 10.6 Å². The predicted octanol–water partition coefficient (Wildman–Crippen LogP) is 2.11. The number of hydrogen-bond acceptors (Lipinski definition) is 3. The Labute approximate surface area is 133 Å². The SMILES string of the molecule is CN=C(NCCOCC1CCCO1)NC(C)c1ccccc1. The summed E-state index contributed by atoms with van der Waals surface area (Å²) in [6, 6.07) is 10.5. The van der Waals surface area contributed by atoms with Gasteiger partial charge in [-0.05, 0) is 25.3 Å². The first-order chi connectivity index (χ1) is 10.8. The molecule has 5 heteroatoms. The van der Waals surface area contributed by atoms with Gasteiger partial charge in [-0.2, -0.15) is 0 Å². The van der Waals surface area contributed by atoms with Crippen LogP contribution in [-0.2, 0) is 9.47 Å². The molecule has 0 spiro atoms. The third kappa shape index (κ3) is 5.66. The second-order valence-electron chi connectivity index (χ2n) is 5.49. The van der Waals surface area contributed by atoms with E-state index in [2.05, 4.69) is 34.7 Å². The van der Waals surface area contributed by atoms with Crippen LogP contribution in [0.5, 0.6) is 0 Å². The van der Waals surface area contributed by atoms with Crippen molar-refractivity contribution < 1.29 is 9.47 Å². The topological polar surface area (TPSA) is 54.9 Å². The Balaban J connectivity index is 1.62. The average molecular weight is 305 g/mol. The van der Waals surface area contributed by atoms with Crippen molar-refractivity contribution in [2.75, 3.05) is 33.4 Å². The van der Waals surface area contributed by atoms with E-state index >= 15 is 0 Å². The third-order valence-corrected chi connectivity index (χ3v) is 3.74. The van der Waals surface area contributed by atoms with Gasteiger partial charge in [-0.15, -0.1) is 0 Å². The standard InChI is InChI=1S/C17H27N3O2/c1-14(15-7-4-3-5-8-15)20-17(18-2)19-10-12-21-13-16-9-6-11-22-16/h3-5,7-8,14,16H,6,9-13H2,1-2H3,(H2,18,19,20). The molecule has 0 aromatic heterocycles. The second-order valence-corrected chi connectivity index (χ2v) is 5.49. The number of nitrogens with zero attached hydrogens (tertiary/aromatic N) is 1. The van der Waals surface area contributed by atoms with E-state index in [-0.39, 0.29) is 12.1 Å². The molecule has 0 amide bonds. The molecular weight excluding hydrogens is 278 g/mol. The maximum Gasteiger partial charge on any atom is 0.191 e. The summed E-state index contributed by atoms with van der Waals surface area (Å²) in [6.07, 6.45) is 2.56. The maximum atomic E-state index is 5.63. The van der Waals surface area contributed by atoms with E-state index in [9.17, 15) is 0 Å². The zero-order chi connectivity index (χ0) is 15.6. The Kier molecular flexibility index (Phi) is 7.19. The normalized spacial score (nSPS) is 19.9. The number of guanidine groups is 1. The van der Waals surface area contributed by atoms with Gasteiger partial charge in [-0.3, -0.25) is 4.99 Å². The monoisotopic (exact) mass is 305 g/mol. The molecule has 2 rings (SSSR count). The lowest BCUT2D eigenvalue weighted by atomic mass is 10.1. The summed E-state index contributed by atoms with van der Waals surface area (Å²) in [5.74, 6) is 0.789. The summed E-state index contributed by atoms with van der Waals surface area (Å²) in [5, 5.41) is 6.64. The number of aliphatic imine (C=N–C) groups is 1. The van der Waals surface area contributed by atoms with E-state index in [1.54, 1.807) is 7.05 Å². The molecule has 1 heterocycles. The average Bonchev–Trinajstić information content (AvgIpc) is 3.07. The van der Waals surface area contributed by atoms with Gasteiger partial charge in [0.15, 0.2) is 5.96 Å². The molecule has 1 fully saturated rings. The van der Waals surface area contributed by atoms with Gasteiger partial charge in [-0.1, -0.05) is 30.3 Å². The van der Waals surface area contributed by atoms with Crippen molar-refractivity contribution in [2.24, 2.45) is 4.99 Å². The molecule has 0 bridgehead atoms. The zero-order valence-corrected chi connectivity index (χ0v) is 13.5. The lowest BCUT2D eigenvalue weighted by Gasteiger charge is -2.18. The molecule has 2 unspecified atom stereocenters. The van der Waals surface area contributed by atoms with Crippen LogP contribution in [0.4, 0.5) is 0 Å². The predicted molar refractivity (Wildman–Crippen MR) is 89.1 cm³/mol. The highest BCUT2D eigenvalue weighted by Crippen LogP contribution is 2.12. The van der Waals surface area contributed by atoms with E-state index in [0.29, 0.717) is 13.2 Å². The highest BCUT2D eigenvalue weighted by atomic mass is 16.5. The maximum absolute atomic E-state index is 5.63. The van der Waals surface area contributed by atoms with E-state index in [4.69, 9.17) is 9.47 Å². The second kappa shape index (κ2) is 9.43. The van der Waals surface area contributed by atoms with Crippen molar-refractivity contribution in [3.63, 3.8) is 0 Å². The van der Waals surface area contributed by atoms with Crippen molar-refractivity contribution in [3.8, 4) is 0 Å². The first-order valence-corrected chi connectivity index (χ1v) is 8.01. The zero-order valence-electron chi connectivity index (χ0n) is 13.5. The van der Waals surface area contributed by atoms with Crippen LogP contribution >= 0.6 is 0 Å². The van der Waals surface area contributed by atoms with Crippen LogP contribution in [0, 0.1) is 0 Å². The number of ether oxygens (including phenoxy) is 2. The molecule has 0 saturated carbocycles. The fraction of sp³-hybridized carbons (Fsp3) is 0.588. The largest absolute Gasteiger partial charge is 0.377 e. The molecule has 1 aromatic carbocycles. The molecule has 122 valence electrons. The molecule has 5 nitrogen and oxygen atoms in total. The number of benzene rings is 1. The van der Waals surface area contributed by atoms with E-state index in [1.807, 2.05) is 18.2 Å². The van der Waals surface area contributed by atoms with Crippen molar-refractivity contribution >= 4 is 5.96 Å². The van der Waals surface area contributed by atoms with Crippen molar-refractivity contribution in [1.29, 1.82) is 0 Å². The van der Waals surface area contributed by atoms with Gasteiger partial charge >= 0.3 is 0 Å². The Morgan fingerprint density at radius 1 is 1.41 bits per heavy atom. The van der Waals surface area contributed by atoms with Gasteiger partial charge in [0.05, 0.1) is 25.4 Å². The molecular formula is C17H27N3O2. The molecule has 22 heavy (non-hydrogen) atoms. The minimum Gasteiger partial charge on any atom is -0.377 e. The van der Waals surface area contributed by atoms with E-state index in [0.717, 1.165) is 32.0 Å². The van der Waals surface area contributed by atoms with Crippen LogP contribution in [0.15, 0.2) is 35.3 Å². The minimum atomic E-state index is 0.209. The number of hydrogen-bond donors (Lipinski definition) is 2. The van der Waals surface area contributed by atoms with Gasteiger partial charge < -0.3 is 20.1 Å². The van der Waals surface area contributed by atoms with Gasteiger partial charge in [0, 0.05) is 20.2 Å². The first kappa shape index (κ1) is 16.8. The smallest absolute Gasteiger partial charge is 0.191 e. The number of nitrogens with one attached hydrogen (secondary N) is 2. The summed E-state index contributed by atoms with van der Waals surface area (Å²) in [4.78, 5) is 4.24. The van der Waals surface area contributed by atoms with Crippen molar-refractivity contribution in [3.05, 3.63) is 35.9 Å². The molecule has 2 atom stereocenters. The van der Waals surface area contributed by atoms with Crippen LogP contribution in [-0.4, -0.2) is 45.5 Å². The summed E-state index contributed by atoms with van der Waals surface area (Å²) in [5.41, 5.74) is 1.24. The fourth-order valence-corrected chi connectivity index (χ4v) is 2.46. The Morgan fingerprint density at radius 3 is 2.91 bits per heavy atom. The quantitative estimate of drug-likeness (QED) is 0.460. The van der Waals surface area contributed by atoms with Gasteiger partial charge in [0.25, 0.3) is 0 Å². The highest BCUT2D eigenvalue weighted by Gasteiger charge is 2.15. The molecule has 1 saturated heterocycles. The minimum absolute atomic E-state index is 0.209. The van der Waals surface area contributed by atoms with Gasteiger partial charge in [0.1, 0.15) is 0 Å². The summed E-state index contributed by atoms with van der Waals surface area (Å²) in [7, 11) is 1.78. The Hall–Kier alpha value is -1.59. The van der Waals surface area contributed by atoms with E-state index in [1.165, 1.54) is 5.56 Å².